The fourth-order valence-electron chi connectivity index (χ4n) is 5.52. The van der Waals surface area contributed by atoms with E-state index in [-0.39, 0.29) is 11.5 Å². The number of carbonyl (C=O) groups is 1. The lowest BCUT2D eigenvalue weighted by Gasteiger charge is -2.29. The van der Waals surface area contributed by atoms with E-state index in [0.29, 0.717) is 24.4 Å². The van der Waals surface area contributed by atoms with Crippen LogP contribution in [0.1, 0.15) is 50.7 Å². The highest BCUT2D eigenvalue weighted by Crippen LogP contribution is 2.54. The Hall–Kier alpha value is -1.39. The molecule has 0 radical (unpaired) electrons. The molecule has 3 saturated heterocycles. The first-order valence-electron chi connectivity index (χ1n) is 10.4. The van der Waals surface area contributed by atoms with Gasteiger partial charge in [0.1, 0.15) is 0 Å². The number of likely N-dealkylation sites (tertiary alicyclic amines) is 1. The minimum absolute atomic E-state index is 0.0476. The average molecular weight is 357 g/mol. The van der Waals surface area contributed by atoms with E-state index in [1.165, 1.54) is 17.5 Å². The number of nitrogens with zero attached hydrogens (tertiary/aromatic N) is 1. The Kier molecular flexibility index (Phi) is 5.07. The Bertz CT molecular complexity index is 661. The molecule has 1 aromatic rings. The summed E-state index contributed by atoms with van der Waals surface area (Å²) in [6.07, 6.45) is 5.33. The number of hydrogen-bond acceptors (Lipinski definition) is 3. The molecule has 1 amide bonds. The summed E-state index contributed by atoms with van der Waals surface area (Å²) in [5.74, 6) is 1.24. The zero-order chi connectivity index (χ0) is 18.1. The van der Waals surface area contributed by atoms with Gasteiger partial charge in [-0.3, -0.25) is 9.69 Å². The Balaban J connectivity index is 1.42. The number of nitrogens with one attached hydrogen (secondary N) is 1. The first-order valence-corrected chi connectivity index (χ1v) is 10.4. The second-order valence-electron chi connectivity index (χ2n) is 8.38. The minimum Gasteiger partial charge on any atom is -0.370 e. The maximum Gasteiger partial charge on any atom is 0.219 e. The lowest BCUT2D eigenvalue weighted by molar-refractivity contribution is -0.121. The summed E-state index contributed by atoms with van der Waals surface area (Å²) in [4.78, 5) is 14.5. The summed E-state index contributed by atoms with van der Waals surface area (Å²) >= 11 is 0. The van der Waals surface area contributed by atoms with E-state index in [0.717, 1.165) is 45.4 Å². The quantitative estimate of drug-likeness (QED) is 0.816. The summed E-state index contributed by atoms with van der Waals surface area (Å²) in [5.41, 5.74) is 2.95. The highest BCUT2D eigenvalue weighted by molar-refractivity contribution is 5.75. The number of rotatable bonds is 7. The summed E-state index contributed by atoms with van der Waals surface area (Å²) in [6, 6.07) is 8.81. The Morgan fingerprint density at radius 1 is 1.31 bits per heavy atom. The summed E-state index contributed by atoms with van der Waals surface area (Å²) in [5, 5.41) is 3.17. The molecule has 2 bridgehead atoms. The molecule has 142 valence electrons. The molecule has 4 atom stereocenters. The number of aryl methyl sites for hydroxylation is 1. The van der Waals surface area contributed by atoms with Gasteiger partial charge in [0.05, 0.1) is 11.7 Å². The zero-order valence-corrected chi connectivity index (χ0v) is 16.2. The van der Waals surface area contributed by atoms with Gasteiger partial charge < -0.3 is 10.1 Å². The highest BCUT2D eigenvalue weighted by Gasteiger charge is 2.62. The van der Waals surface area contributed by atoms with Crippen LogP contribution in [0, 0.1) is 11.8 Å². The maximum absolute atomic E-state index is 11.9. The van der Waals surface area contributed by atoms with Crippen molar-refractivity contribution in [2.75, 3.05) is 19.6 Å². The van der Waals surface area contributed by atoms with Crippen LogP contribution in [0.2, 0.25) is 0 Å². The predicted molar refractivity (Wildman–Crippen MR) is 103 cm³/mol. The molecule has 0 saturated carbocycles. The monoisotopic (exact) mass is 356 g/mol. The summed E-state index contributed by atoms with van der Waals surface area (Å²) in [6.45, 7) is 8.24. The molecular formula is C22H32N2O2. The fraction of sp³-hybridized carbons (Fsp3) is 0.682. The third-order valence-electron chi connectivity index (χ3n) is 6.76. The van der Waals surface area contributed by atoms with Crippen molar-refractivity contribution >= 4 is 5.91 Å². The van der Waals surface area contributed by atoms with E-state index in [2.05, 4.69) is 48.3 Å². The van der Waals surface area contributed by atoms with Gasteiger partial charge in [-0.05, 0) is 36.8 Å². The highest BCUT2D eigenvalue weighted by atomic mass is 16.5. The average Bonchev–Trinajstić information content (AvgIpc) is 3.28. The predicted octanol–water partition coefficient (Wildman–Crippen LogP) is 3.14. The number of hydrogen-bond donors (Lipinski definition) is 1. The van der Waals surface area contributed by atoms with Crippen LogP contribution in [-0.2, 0) is 22.5 Å². The van der Waals surface area contributed by atoms with Crippen molar-refractivity contribution in [2.24, 2.45) is 11.8 Å². The van der Waals surface area contributed by atoms with Crippen LogP contribution in [0.15, 0.2) is 24.3 Å². The molecule has 4 nitrogen and oxygen atoms in total. The van der Waals surface area contributed by atoms with Gasteiger partial charge in [-0.1, -0.05) is 38.1 Å². The number of ether oxygens (including phenoxy) is 1. The molecule has 4 rings (SSSR count). The van der Waals surface area contributed by atoms with Crippen molar-refractivity contribution in [3.8, 4) is 0 Å². The number of fused-ring (bicyclic) bond motifs is 1. The normalized spacial score (nSPS) is 32.8. The second-order valence-corrected chi connectivity index (χ2v) is 8.38. The molecular weight excluding hydrogens is 324 g/mol. The van der Waals surface area contributed by atoms with E-state index in [9.17, 15) is 4.79 Å². The van der Waals surface area contributed by atoms with Crippen molar-refractivity contribution in [1.29, 1.82) is 0 Å². The second kappa shape index (κ2) is 7.32. The van der Waals surface area contributed by atoms with Crippen LogP contribution < -0.4 is 5.32 Å². The van der Waals surface area contributed by atoms with E-state index in [1.54, 1.807) is 0 Å². The fourth-order valence-corrected chi connectivity index (χ4v) is 5.52. The van der Waals surface area contributed by atoms with E-state index >= 15 is 0 Å². The van der Waals surface area contributed by atoms with Crippen LogP contribution in [0.5, 0.6) is 0 Å². The van der Waals surface area contributed by atoms with Gasteiger partial charge in [0.2, 0.25) is 5.91 Å². The number of amides is 1. The minimum atomic E-state index is 0.0476. The Labute approximate surface area is 157 Å². The van der Waals surface area contributed by atoms with Gasteiger partial charge in [-0.2, -0.15) is 0 Å². The van der Waals surface area contributed by atoms with Crippen molar-refractivity contribution in [3.05, 3.63) is 35.4 Å². The maximum atomic E-state index is 11.9. The van der Waals surface area contributed by atoms with Crippen LogP contribution in [0.4, 0.5) is 0 Å². The standard InChI is InChI=1S/C22H32N2O2/c1-3-7-21(25)23-12-18-19-14-24(15-22(19)11-10-20(18)26-22)13-17-9-6-5-8-16(17)4-2/h5-6,8-9,18-20H,3-4,7,10-15H2,1-2H3,(H,23,25)/t18-,19+,20+,22+/m0/s1. The molecule has 3 aliphatic rings. The van der Waals surface area contributed by atoms with Crippen molar-refractivity contribution in [3.63, 3.8) is 0 Å². The van der Waals surface area contributed by atoms with Crippen LogP contribution in [0.3, 0.4) is 0 Å². The smallest absolute Gasteiger partial charge is 0.219 e. The van der Waals surface area contributed by atoms with Crippen molar-refractivity contribution < 1.29 is 9.53 Å². The van der Waals surface area contributed by atoms with Gasteiger partial charge in [0.25, 0.3) is 0 Å². The van der Waals surface area contributed by atoms with Gasteiger partial charge in [0.15, 0.2) is 0 Å². The summed E-state index contributed by atoms with van der Waals surface area (Å²) < 4.78 is 6.52. The van der Waals surface area contributed by atoms with E-state index in [1.807, 2.05) is 0 Å². The molecule has 0 aromatic heterocycles. The summed E-state index contributed by atoms with van der Waals surface area (Å²) in [7, 11) is 0. The first-order chi connectivity index (χ1) is 12.6. The lowest BCUT2D eigenvalue weighted by atomic mass is 9.73. The van der Waals surface area contributed by atoms with Crippen molar-refractivity contribution in [2.45, 2.75) is 64.2 Å². The third-order valence-corrected chi connectivity index (χ3v) is 6.76. The molecule has 26 heavy (non-hydrogen) atoms. The SMILES string of the molecule is CCCC(=O)NC[C@H]1[C@H]2CN(Cc3ccccc3CC)C[C@]23CC[C@H]1O3. The number of benzene rings is 1. The van der Waals surface area contributed by atoms with Gasteiger partial charge in [-0.15, -0.1) is 0 Å². The largest absolute Gasteiger partial charge is 0.370 e. The molecule has 1 aromatic carbocycles. The van der Waals surface area contributed by atoms with Gasteiger partial charge in [-0.25, -0.2) is 0 Å². The topological polar surface area (TPSA) is 41.6 Å². The van der Waals surface area contributed by atoms with E-state index < -0.39 is 0 Å². The lowest BCUT2D eigenvalue weighted by Crippen LogP contribution is -2.41. The van der Waals surface area contributed by atoms with E-state index in [4.69, 9.17) is 4.74 Å². The Morgan fingerprint density at radius 3 is 2.88 bits per heavy atom. The first kappa shape index (κ1) is 18.0. The molecule has 0 aliphatic carbocycles. The third kappa shape index (κ3) is 3.18. The number of carbonyl (C=O) groups excluding carboxylic acids is 1. The zero-order valence-electron chi connectivity index (χ0n) is 16.2. The molecule has 3 aliphatic heterocycles. The van der Waals surface area contributed by atoms with Gasteiger partial charge in [0, 0.05) is 44.4 Å². The molecule has 4 heteroatoms. The van der Waals surface area contributed by atoms with Crippen LogP contribution in [0.25, 0.3) is 0 Å². The van der Waals surface area contributed by atoms with Gasteiger partial charge >= 0.3 is 0 Å². The molecule has 0 unspecified atom stereocenters. The van der Waals surface area contributed by atoms with Crippen LogP contribution in [-0.4, -0.2) is 42.1 Å². The Morgan fingerprint density at radius 2 is 2.12 bits per heavy atom. The molecule has 3 heterocycles. The molecule has 3 fully saturated rings. The molecule has 1 N–H and O–H groups in total. The molecule has 1 spiro atoms. The van der Waals surface area contributed by atoms with Crippen molar-refractivity contribution in [1.82, 2.24) is 10.2 Å². The van der Waals surface area contributed by atoms with Crippen LogP contribution >= 0.6 is 0 Å².